The lowest BCUT2D eigenvalue weighted by Crippen LogP contribution is -2.21. The van der Waals surface area contributed by atoms with Crippen LogP contribution in [0.2, 0.25) is 0 Å². The summed E-state index contributed by atoms with van der Waals surface area (Å²) >= 11 is 0. The third-order valence-corrected chi connectivity index (χ3v) is 22.9. The van der Waals surface area contributed by atoms with E-state index >= 15 is 0 Å². The molecule has 28 nitrogen and oxygen atoms in total. The van der Waals surface area contributed by atoms with Gasteiger partial charge in [-0.2, -0.15) is 61.0 Å². The van der Waals surface area contributed by atoms with Gasteiger partial charge in [0.05, 0.1) is 37.0 Å². The molecule has 0 N–H and O–H groups in total. The zero-order valence-electron chi connectivity index (χ0n) is 62.6. The Balaban J connectivity index is 0.000000275. The summed E-state index contributed by atoms with van der Waals surface area (Å²) in [6.07, 6.45) is -0.183. The van der Waals surface area contributed by atoms with Crippen molar-refractivity contribution in [3.8, 4) is 52.7 Å². The van der Waals surface area contributed by atoms with Crippen LogP contribution in [-0.2, 0) is 70.2 Å². The van der Waals surface area contributed by atoms with Crippen LogP contribution in [0.4, 0.5) is 132 Å². The van der Waals surface area contributed by atoms with E-state index in [1.165, 1.54) is 18.2 Å². The topological polar surface area (TPSA) is 423 Å². The molecular formula is C70H20F30N4O24S6. The number of aldehydes is 2. The van der Waals surface area contributed by atoms with Crippen LogP contribution in [0.15, 0.2) is 77.0 Å². The lowest BCUT2D eigenvalue weighted by molar-refractivity contribution is 0.0507. The molecule has 0 radical (unpaired) electrons. The number of hydrogen-bond donors (Lipinski definition) is 0. The first-order valence-corrected chi connectivity index (χ1v) is 40.9. The molecule has 710 valence electrons. The van der Waals surface area contributed by atoms with Crippen molar-refractivity contribution in [2.75, 3.05) is 13.2 Å². The number of allylic oxidation sites excluding steroid dienone is 2. The number of nitriles is 3. The van der Waals surface area contributed by atoms with Gasteiger partial charge in [-0.3, -0.25) is 9.59 Å². The summed E-state index contributed by atoms with van der Waals surface area (Å²) in [6, 6.07) is 4.25. The summed E-state index contributed by atoms with van der Waals surface area (Å²) in [4.78, 5) is 35.3. The number of carbonyl (C=O) groups excluding carboxylic acids is 4. The minimum atomic E-state index is -6.21. The van der Waals surface area contributed by atoms with Gasteiger partial charge >= 0.3 is 72.6 Å². The van der Waals surface area contributed by atoms with Gasteiger partial charge < -0.3 is 34.6 Å². The van der Waals surface area contributed by atoms with Crippen molar-refractivity contribution in [2.45, 2.75) is 43.2 Å². The third kappa shape index (κ3) is 20.6. The third-order valence-electron chi connectivity index (χ3n) is 15.4. The Hall–Kier alpha value is -14.9. The second kappa shape index (κ2) is 40.0. The van der Waals surface area contributed by atoms with Crippen molar-refractivity contribution < 1.29 is 236 Å². The van der Waals surface area contributed by atoms with E-state index in [2.05, 4.69) is 39.4 Å². The van der Waals surface area contributed by atoms with Gasteiger partial charge in [-0.25, -0.2) is 151 Å². The Morgan fingerprint density at radius 2 is 0.455 bits per heavy atom. The Labute approximate surface area is 722 Å². The molecule has 0 atom stereocenters. The molecule has 0 saturated heterocycles. The molecular weight excluding hydrogens is 2040 g/mol. The summed E-state index contributed by atoms with van der Waals surface area (Å²) < 4.78 is 601. The van der Waals surface area contributed by atoms with Gasteiger partial charge in [0, 0.05) is 23.3 Å². The van der Waals surface area contributed by atoms with Crippen LogP contribution in [0.25, 0.3) is 17.0 Å². The highest BCUT2D eigenvalue weighted by Gasteiger charge is 2.44. The van der Waals surface area contributed by atoms with Gasteiger partial charge in [0.25, 0.3) is 5.70 Å². The fourth-order valence-corrected chi connectivity index (χ4v) is 16.1. The Morgan fingerprint density at radius 3 is 0.627 bits per heavy atom. The van der Waals surface area contributed by atoms with Crippen molar-refractivity contribution in [1.29, 1.82) is 15.8 Å². The second-order valence-corrected chi connectivity index (χ2v) is 32.4. The highest BCUT2D eigenvalue weighted by Crippen LogP contribution is 2.43. The van der Waals surface area contributed by atoms with Crippen LogP contribution in [0.5, 0.6) is 34.5 Å². The SMILES string of the molecule is CCOC(=O)c1cc(OS(=O)(=O)c2c(F)c(F)c(F)c(F)c2F)c(C(=O)OCC)cc1OS(=O)(=O)c1c(F)c(F)c(F)c(F)c1F.O=Cc1cc(OS(=O)(=O)c2c(F)c(F)c(F)c(F)c2F)c(C=O)cc1OS(=O)(=O)c1c(F)c(F)c(F)c(F)c1F.[C-]#[N+]/C(C#N)=C/c1cc(OS(=O)(=O)c2c(F)c(F)c(F)c(F)c2F)c(C=C(C#N)C#N)cc1OS(=O)(=O)c1c(F)c(F)c(F)c(F)c1F. The average molecular weight is 2060 g/mol. The molecule has 9 aromatic carbocycles. The summed E-state index contributed by atoms with van der Waals surface area (Å²) in [5.41, 5.74) is -9.38. The van der Waals surface area contributed by atoms with E-state index in [4.69, 9.17) is 22.4 Å². The predicted octanol–water partition coefficient (Wildman–Crippen LogP) is 15.0. The summed E-state index contributed by atoms with van der Waals surface area (Å²) in [5.74, 6) is -96.8. The van der Waals surface area contributed by atoms with Crippen molar-refractivity contribution in [2.24, 2.45) is 0 Å². The first-order chi connectivity index (χ1) is 61.9. The number of rotatable bonds is 26. The van der Waals surface area contributed by atoms with Crippen LogP contribution < -0.4 is 25.1 Å². The molecule has 0 bridgehead atoms. The number of esters is 2. The highest BCUT2D eigenvalue weighted by atomic mass is 32.2. The molecule has 0 unspecified atom stereocenters. The van der Waals surface area contributed by atoms with E-state index in [0.29, 0.717) is 12.2 Å². The first-order valence-electron chi connectivity index (χ1n) is 32.5. The van der Waals surface area contributed by atoms with E-state index in [1.807, 2.05) is 0 Å². The largest absolute Gasteiger partial charge is 0.462 e. The van der Waals surface area contributed by atoms with E-state index in [0.717, 1.165) is 13.8 Å². The van der Waals surface area contributed by atoms with Crippen LogP contribution in [0.1, 0.15) is 66.4 Å². The van der Waals surface area contributed by atoms with Gasteiger partial charge in [0.15, 0.2) is 210 Å². The molecule has 0 aromatic heterocycles. The molecule has 0 aliphatic heterocycles. The van der Waals surface area contributed by atoms with Crippen molar-refractivity contribution in [3.05, 3.63) is 267 Å². The van der Waals surface area contributed by atoms with Crippen molar-refractivity contribution in [1.82, 2.24) is 0 Å². The molecule has 134 heavy (non-hydrogen) atoms. The summed E-state index contributed by atoms with van der Waals surface area (Å²) in [5, 5.41) is 27.4. The second-order valence-electron chi connectivity index (χ2n) is 23.5. The van der Waals surface area contributed by atoms with Gasteiger partial charge in [0.2, 0.25) is 34.9 Å². The monoisotopic (exact) mass is 2060 g/mol. The van der Waals surface area contributed by atoms with Gasteiger partial charge in [-0.05, 0) is 50.3 Å². The Bertz CT molecular complexity index is 6970. The molecule has 64 heteroatoms. The predicted molar refractivity (Wildman–Crippen MR) is 366 cm³/mol. The van der Waals surface area contributed by atoms with Gasteiger partial charge in [-0.15, -0.1) is 0 Å². The molecule has 9 rings (SSSR count). The zero-order chi connectivity index (χ0) is 102. The number of carbonyl (C=O) groups is 4. The standard InChI is InChI=1S/C26H4F10N4O6S2.C24H12F10O10S2.C20H4F10O8S2/c1-40-12(8-39)3-11-5-13(45-47(41,42)25-21(33)17(29)15(27)18(30)22(25)34)10(2-9(6-37)7-38)4-14(11)46-48(43,44)26-23(35)19(31)16(28)20(32)24(26)36;1-3-41-23(35)7-5-10(44-46(39,40)22-19(33)15(29)12(26)16(30)20(22)34)8(24(36)42-4-2)6-9(7)43-45(37,38)21-17(31)13(27)11(25)14(28)18(21)32;21-9-11(23)15(27)19(16(28)12(9)24)39(33,34)37-7-1-5(3-31)8(2-6(7)4-32)38-40(35,36)20-17(29)13(25)10(22)14(26)18(20)30/h2-5H;5-6H,3-4H2,1-2H3;1-4H/b12-3+;;. The van der Waals surface area contributed by atoms with Gasteiger partial charge in [-0.1, -0.05) is 0 Å². The minimum Gasteiger partial charge on any atom is -0.462 e. The fourth-order valence-electron chi connectivity index (χ4n) is 9.58. The maximum atomic E-state index is 14.3. The highest BCUT2D eigenvalue weighted by molar-refractivity contribution is 7.88. The van der Waals surface area contributed by atoms with Crippen LogP contribution in [-0.4, -0.2) is 88.2 Å². The van der Waals surface area contributed by atoms with Crippen LogP contribution in [0.3, 0.4) is 0 Å². The molecule has 0 aliphatic rings. The van der Waals surface area contributed by atoms with Crippen LogP contribution in [0, 0.1) is 215 Å². The molecule has 0 heterocycles. The van der Waals surface area contributed by atoms with E-state index in [-0.39, 0.29) is 36.4 Å². The smallest absolute Gasteiger partial charge is 0.345 e. The lowest BCUT2D eigenvalue weighted by atomic mass is 10.1. The number of benzene rings is 9. The molecule has 0 saturated carbocycles. The van der Waals surface area contributed by atoms with Gasteiger partial charge in [0.1, 0.15) is 34.6 Å². The Kier molecular flexibility index (Phi) is 31.7. The molecule has 0 amide bonds. The maximum Gasteiger partial charge on any atom is 0.345 e. The van der Waals surface area contributed by atoms with E-state index < -0.39 is 381 Å². The number of hydrogen-bond acceptors (Lipinski definition) is 27. The molecule has 0 fully saturated rings. The maximum absolute atomic E-state index is 14.3. The van der Waals surface area contributed by atoms with Crippen molar-refractivity contribution >= 4 is 97.4 Å². The van der Waals surface area contributed by atoms with E-state index in [1.54, 1.807) is 0 Å². The lowest BCUT2D eigenvalue weighted by Gasteiger charge is -2.17. The van der Waals surface area contributed by atoms with Crippen LogP contribution >= 0.6 is 0 Å². The van der Waals surface area contributed by atoms with E-state index in [9.17, 15) is 201 Å². The molecule has 0 aliphatic carbocycles. The minimum absolute atomic E-state index is 0.0250. The summed E-state index contributed by atoms with van der Waals surface area (Å²) in [6.45, 7) is 8.13. The number of ether oxygens (including phenoxy) is 2. The van der Waals surface area contributed by atoms with Crippen molar-refractivity contribution in [3.63, 3.8) is 0 Å². The molecule has 0 spiro atoms. The fraction of sp³-hybridized carbons (Fsp3) is 0.0571. The number of halogens is 30. The normalized spacial score (nSPS) is 11.7. The Morgan fingerprint density at radius 1 is 0.284 bits per heavy atom. The number of nitrogens with zero attached hydrogens (tertiary/aromatic N) is 4. The zero-order valence-corrected chi connectivity index (χ0v) is 67.5. The average Bonchev–Trinajstić information content (AvgIpc) is 0.748. The quantitative estimate of drug-likeness (QED) is 0.00710. The summed E-state index contributed by atoms with van der Waals surface area (Å²) in [7, 11) is -36.9. The first kappa shape index (κ1) is 106. The molecule has 9 aromatic rings.